The standard InChI is InChI=1S/C17H22BrNO/c1-16(2)12-7-8-17(3,10-12)15(16)19-14(20)11-5-4-6-13(18)9-11/h4-6,9,12,15H,7-8,10H2,1-3H3,(H,19,20). The van der Waals surface area contributed by atoms with Crippen molar-refractivity contribution in [1.82, 2.24) is 5.32 Å². The summed E-state index contributed by atoms with van der Waals surface area (Å²) in [5.41, 5.74) is 1.21. The summed E-state index contributed by atoms with van der Waals surface area (Å²) < 4.78 is 0.948. The second-order valence-corrected chi connectivity index (χ2v) is 8.25. The van der Waals surface area contributed by atoms with E-state index < -0.39 is 0 Å². The Balaban J connectivity index is 1.82. The van der Waals surface area contributed by atoms with Crippen LogP contribution < -0.4 is 5.32 Å². The molecule has 3 unspecified atom stereocenters. The minimum atomic E-state index is 0.0538. The van der Waals surface area contributed by atoms with Crippen LogP contribution in [0.1, 0.15) is 50.4 Å². The molecule has 2 nitrogen and oxygen atoms in total. The molecule has 20 heavy (non-hydrogen) atoms. The molecule has 0 saturated heterocycles. The summed E-state index contributed by atoms with van der Waals surface area (Å²) in [5.74, 6) is 0.804. The predicted molar refractivity (Wildman–Crippen MR) is 84.6 cm³/mol. The molecule has 0 aromatic heterocycles. The first kappa shape index (κ1) is 14.1. The first-order chi connectivity index (χ1) is 9.33. The van der Waals surface area contributed by atoms with Gasteiger partial charge in [0.15, 0.2) is 0 Å². The number of amides is 1. The molecule has 1 aromatic rings. The Morgan fingerprint density at radius 3 is 2.70 bits per heavy atom. The molecule has 2 saturated carbocycles. The molecule has 0 aliphatic heterocycles. The van der Waals surface area contributed by atoms with Gasteiger partial charge in [0.25, 0.3) is 5.91 Å². The lowest BCUT2D eigenvalue weighted by atomic mass is 9.68. The maximum absolute atomic E-state index is 12.5. The maximum atomic E-state index is 12.5. The summed E-state index contributed by atoms with van der Waals surface area (Å²) in [7, 11) is 0. The van der Waals surface area contributed by atoms with E-state index in [0.29, 0.717) is 0 Å². The fraction of sp³-hybridized carbons (Fsp3) is 0.588. The SMILES string of the molecule is CC12CCC(C1)C(C)(C)C2NC(=O)c1cccc(Br)c1. The lowest BCUT2D eigenvalue weighted by Crippen LogP contribution is -2.52. The van der Waals surface area contributed by atoms with Crippen LogP contribution in [0.2, 0.25) is 0 Å². The van der Waals surface area contributed by atoms with E-state index in [1.165, 1.54) is 19.3 Å². The number of benzene rings is 1. The molecule has 1 N–H and O–H groups in total. The van der Waals surface area contributed by atoms with E-state index in [9.17, 15) is 4.79 Å². The van der Waals surface area contributed by atoms with Gasteiger partial charge < -0.3 is 5.32 Å². The Morgan fingerprint density at radius 1 is 1.35 bits per heavy atom. The van der Waals surface area contributed by atoms with Crippen molar-refractivity contribution in [3.05, 3.63) is 34.3 Å². The normalized spacial score (nSPS) is 34.2. The Kier molecular flexibility index (Phi) is 3.24. The molecule has 108 valence electrons. The first-order valence-electron chi connectivity index (χ1n) is 7.39. The lowest BCUT2D eigenvalue weighted by Gasteiger charge is -2.43. The molecule has 2 aliphatic carbocycles. The minimum absolute atomic E-state index is 0.0538. The third-order valence-corrected chi connectivity index (χ3v) is 6.13. The summed E-state index contributed by atoms with van der Waals surface area (Å²) in [6, 6.07) is 7.90. The van der Waals surface area contributed by atoms with Gasteiger partial charge >= 0.3 is 0 Å². The summed E-state index contributed by atoms with van der Waals surface area (Å²) >= 11 is 3.43. The van der Waals surface area contributed by atoms with Crippen molar-refractivity contribution in [1.29, 1.82) is 0 Å². The topological polar surface area (TPSA) is 29.1 Å². The number of hydrogen-bond donors (Lipinski definition) is 1. The monoisotopic (exact) mass is 335 g/mol. The zero-order valence-corrected chi connectivity index (χ0v) is 14.0. The van der Waals surface area contributed by atoms with Gasteiger partial charge in [-0.25, -0.2) is 0 Å². The molecule has 0 spiro atoms. The average molecular weight is 336 g/mol. The van der Waals surface area contributed by atoms with Gasteiger partial charge in [0.05, 0.1) is 0 Å². The van der Waals surface area contributed by atoms with E-state index in [1.54, 1.807) is 0 Å². The Labute approximate surface area is 129 Å². The van der Waals surface area contributed by atoms with Gasteiger partial charge in [-0.3, -0.25) is 4.79 Å². The van der Waals surface area contributed by atoms with Crippen LogP contribution in [0.4, 0.5) is 0 Å². The van der Waals surface area contributed by atoms with Crippen molar-refractivity contribution in [2.24, 2.45) is 16.7 Å². The van der Waals surface area contributed by atoms with Crippen molar-refractivity contribution in [2.45, 2.75) is 46.1 Å². The van der Waals surface area contributed by atoms with Gasteiger partial charge in [0.1, 0.15) is 0 Å². The average Bonchev–Trinajstić information content (AvgIpc) is 2.85. The van der Waals surface area contributed by atoms with Crippen LogP contribution in [0, 0.1) is 16.7 Å². The zero-order chi connectivity index (χ0) is 14.5. The fourth-order valence-corrected chi connectivity index (χ4v) is 4.91. The molecular formula is C17H22BrNO. The quantitative estimate of drug-likeness (QED) is 0.852. The third kappa shape index (κ3) is 2.11. The Hall–Kier alpha value is -0.830. The van der Waals surface area contributed by atoms with Crippen molar-refractivity contribution < 1.29 is 4.79 Å². The summed E-state index contributed by atoms with van der Waals surface area (Å²) in [4.78, 5) is 12.5. The number of rotatable bonds is 2. The van der Waals surface area contributed by atoms with Crippen molar-refractivity contribution in [2.75, 3.05) is 0 Å². The first-order valence-corrected chi connectivity index (χ1v) is 8.19. The van der Waals surface area contributed by atoms with E-state index in [0.717, 1.165) is 16.0 Å². The van der Waals surface area contributed by atoms with Gasteiger partial charge in [-0.2, -0.15) is 0 Å². The van der Waals surface area contributed by atoms with Gasteiger partial charge in [0.2, 0.25) is 0 Å². The van der Waals surface area contributed by atoms with E-state index >= 15 is 0 Å². The van der Waals surface area contributed by atoms with E-state index in [4.69, 9.17) is 0 Å². The van der Waals surface area contributed by atoms with Gasteiger partial charge in [-0.15, -0.1) is 0 Å². The van der Waals surface area contributed by atoms with E-state index in [2.05, 4.69) is 42.0 Å². The molecule has 2 aliphatic rings. The van der Waals surface area contributed by atoms with Crippen LogP contribution in [0.15, 0.2) is 28.7 Å². The van der Waals surface area contributed by atoms with Crippen LogP contribution >= 0.6 is 15.9 Å². The number of fused-ring (bicyclic) bond motifs is 2. The van der Waals surface area contributed by atoms with Gasteiger partial charge in [0, 0.05) is 16.1 Å². The van der Waals surface area contributed by atoms with Gasteiger partial charge in [-0.05, 0) is 54.2 Å². The molecular weight excluding hydrogens is 314 g/mol. The van der Waals surface area contributed by atoms with Crippen LogP contribution in [0.3, 0.4) is 0 Å². The molecule has 2 bridgehead atoms. The molecule has 2 fully saturated rings. The summed E-state index contributed by atoms with van der Waals surface area (Å²) in [6.07, 6.45) is 3.81. The second-order valence-electron chi connectivity index (χ2n) is 7.33. The predicted octanol–water partition coefficient (Wildman–Crippen LogP) is 4.39. The molecule has 0 heterocycles. The summed E-state index contributed by atoms with van der Waals surface area (Å²) in [6.45, 7) is 6.97. The van der Waals surface area contributed by atoms with Gasteiger partial charge in [-0.1, -0.05) is 42.8 Å². The number of halogens is 1. The molecule has 1 amide bonds. The molecule has 1 aromatic carbocycles. The molecule has 3 rings (SSSR count). The highest BCUT2D eigenvalue weighted by Gasteiger charge is 2.59. The maximum Gasteiger partial charge on any atom is 0.251 e. The highest BCUT2D eigenvalue weighted by atomic mass is 79.9. The van der Waals surface area contributed by atoms with E-state index in [-0.39, 0.29) is 22.8 Å². The van der Waals surface area contributed by atoms with Crippen molar-refractivity contribution in [3.63, 3.8) is 0 Å². The largest absolute Gasteiger partial charge is 0.348 e. The summed E-state index contributed by atoms with van der Waals surface area (Å²) in [5, 5.41) is 3.32. The van der Waals surface area contributed by atoms with Crippen LogP contribution in [0.5, 0.6) is 0 Å². The van der Waals surface area contributed by atoms with Crippen molar-refractivity contribution in [3.8, 4) is 0 Å². The van der Waals surface area contributed by atoms with Crippen LogP contribution in [0.25, 0.3) is 0 Å². The smallest absolute Gasteiger partial charge is 0.251 e. The Bertz CT molecular complexity index is 549. The number of hydrogen-bond acceptors (Lipinski definition) is 1. The number of carbonyl (C=O) groups is 1. The Morgan fingerprint density at radius 2 is 2.10 bits per heavy atom. The lowest BCUT2D eigenvalue weighted by molar-refractivity contribution is 0.0737. The molecule has 3 heteroatoms. The molecule has 3 atom stereocenters. The third-order valence-electron chi connectivity index (χ3n) is 5.63. The van der Waals surface area contributed by atoms with Crippen LogP contribution in [-0.2, 0) is 0 Å². The molecule has 0 radical (unpaired) electrons. The number of carbonyl (C=O) groups excluding carboxylic acids is 1. The highest BCUT2D eigenvalue weighted by Crippen LogP contribution is 2.62. The minimum Gasteiger partial charge on any atom is -0.348 e. The second kappa shape index (κ2) is 4.59. The number of nitrogens with one attached hydrogen (secondary N) is 1. The fourth-order valence-electron chi connectivity index (χ4n) is 4.51. The van der Waals surface area contributed by atoms with Crippen LogP contribution in [-0.4, -0.2) is 11.9 Å². The highest BCUT2D eigenvalue weighted by molar-refractivity contribution is 9.10. The zero-order valence-electron chi connectivity index (χ0n) is 12.4. The van der Waals surface area contributed by atoms with E-state index in [1.807, 2.05) is 24.3 Å². The van der Waals surface area contributed by atoms with Crippen molar-refractivity contribution >= 4 is 21.8 Å².